The van der Waals surface area contributed by atoms with Gasteiger partial charge in [0.15, 0.2) is 0 Å². The van der Waals surface area contributed by atoms with E-state index in [4.69, 9.17) is 5.11 Å². The molecule has 1 atom stereocenters. The van der Waals surface area contributed by atoms with E-state index in [9.17, 15) is 18.0 Å². The number of carboxylic acids is 1. The fourth-order valence-electron chi connectivity index (χ4n) is 2.46. The highest BCUT2D eigenvalue weighted by Crippen LogP contribution is 2.17. The second-order valence-electron chi connectivity index (χ2n) is 7.75. The van der Waals surface area contributed by atoms with Crippen LogP contribution in [-0.4, -0.2) is 36.5 Å². The molecule has 0 aliphatic rings. The normalized spacial score (nSPS) is 14.5. The lowest BCUT2D eigenvalue weighted by atomic mass is 9.94. The second kappa shape index (κ2) is 8.18. The molecule has 0 saturated carbocycles. The van der Waals surface area contributed by atoms with Crippen LogP contribution in [0.4, 0.5) is 0 Å². The van der Waals surface area contributed by atoms with Gasteiger partial charge in [-0.25, -0.2) is 13.1 Å². The van der Waals surface area contributed by atoms with Crippen molar-refractivity contribution in [2.45, 2.75) is 64.3 Å². The minimum absolute atomic E-state index is 0.196. The Morgan fingerprint density at radius 2 is 1.77 bits per heavy atom. The molecule has 0 aromatic heterocycles. The maximum Gasteiger partial charge on any atom is 0.305 e. The predicted molar refractivity (Wildman–Crippen MR) is 100 cm³/mol. The number of sulfonamides is 1. The van der Waals surface area contributed by atoms with Gasteiger partial charge < -0.3 is 10.4 Å². The van der Waals surface area contributed by atoms with Crippen LogP contribution in [0.15, 0.2) is 24.3 Å². The van der Waals surface area contributed by atoms with Crippen LogP contribution in [0.5, 0.6) is 0 Å². The summed E-state index contributed by atoms with van der Waals surface area (Å²) in [7, 11) is -3.55. The van der Waals surface area contributed by atoms with Crippen LogP contribution in [-0.2, 0) is 20.6 Å². The first kappa shape index (κ1) is 22.1. The molecule has 7 nitrogen and oxygen atoms in total. The third-order valence-electron chi connectivity index (χ3n) is 3.74. The standard InChI is InChI=1S/C18H28N2O5S/c1-6-18(5,11-15(21)22)19-16(23)14-9-7-8-13(10-14)12-26(24,25)20-17(2,3)4/h7-10,20H,6,11-12H2,1-5H3,(H,19,23)(H,21,22)/t18-/m1/s1. The molecule has 0 spiro atoms. The number of benzene rings is 1. The number of hydrogen-bond donors (Lipinski definition) is 3. The first-order valence-corrected chi connectivity index (χ1v) is 10.1. The summed E-state index contributed by atoms with van der Waals surface area (Å²) in [6, 6.07) is 6.32. The zero-order valence-electron chi connectivity index (χ0n) is 15.9. The van der Waals surface area contributed by atoms with E-state index in [1.165, 1.54) is 6.07 Å². The van der Waals surface area contributed by atoms with Gasteiger partial charge in [0.1, 0.15) is 0 Å². The Morgan fingerprint density at radius 3 is 2.27 bits per heavy atom. The molecule has 0 bridgehead atoms. The lowest BCUT2D eigenvalue weighted by Crippen LogP contribution is -2.47. The van der Waals surface area contributed by atoms with Crippen LogP contribution >= 0.6 is 0 Å². The molecule has 3 N–H and O–H groups in total. The quantitative estimate of drug-likeness (QED) is 0.636. The number of nitrogens with one attached hydrogen (secondary N) is 2. The number of rotatable bonds is 8. The molecule has 1 amide bonds. The summed E-state index contributed by atoms with van der Waals surface area (Å²) in [5.41, 5.74) is -0.698. The third-order valence-corrected chi connectivity index (χ3v) is 5.38. The number of hydrogen-bond acceptors (Lipinski definition) is 4. The number of aliphatic carboxylic acids is 1. The van der Waals surface area contributed by atoms with Crippen LogP contribution in [0.2, 0.25) is 0 Å². The van der Waals surface area contributed by atoms with E-state index in [1.54, 1.807) is 52.8 Å². The molecule has 0 unspecified atom stereocenters. The van der Waals surface area contributed by atoms with Crippen molar-refractivity contribution in [1.29, 1.82) is 0 Å². The van der Waals surface area contributed by atoms with E-state index in [0.29, 0.717) is 17.5 Å². The van der Waals surface area contributed by atoms with Crippen molar-refractivity contribution in [3.63, 3.8) is 0 Å². The molecule has 0 radical (unpaired) electrons. The summed E-state index contributed by atoms with van der Waals surface area (Å²) >= 11 is 0. The minimum Gasteiger partial charge on any atom is -0.481 e. The predicted octanol–water partition coefficient (Wildman–Crippen LogP) is 2.28. The average Bonchev–Trinajstić information content (AvgIpc) is 2.43. The van der Waals surface area contributed by atoms with Gasteiger partial charge in [0.25, 0.3) is 5.91 Å². The van der Waals surface area contributed by atoms with Gasteiger partial charge in [0.05, 0.1) is 12.2 Å². The summed E-state index contributed by atoms with van der Waals surface area (Å²) < 4.78 is 27.0. The molecule has 0 aliphatic carbocycles. The van der Waals surface area contributed by atoms with Crippen LogP contribution in [0.3, 0.4) is 0 Å². The summed E-state index contributed by atoms with van der Waals surface area (Å²) in [6.07, 6.45) is 0.257. The van der Waals surface area contributed by atoms with E-state index < -0.39 is 33.0 Å². The average molecular weight is 384 g/mol. The van der Waals surface area contributed by atoms with Crippen molar-refractivity contribution in [2.24, 2.45) is 0 Å². The minimum atomic E-state index is -3.55. The Hall–Kier alpha value is -1.93. The van der Waals surface area contributed by atoms with Gasteiger partial charge in [-0.15, -0.1) is 0 Å². The summed E-state index contributed by atoms with van der Waals surface area (Å²) in [6.45, 7) is 8.72. The highest BCUT2D eigenvalue weighted by molar-refractivity contribution is 7.88. The van der Waals surface area contributed by atoms with Gasteiger partial charge in [0, 0.05) is 16.6 Å². The monoisotopic (exact) mass is 384 g/mol. The molecular weight excluding hydrogens is 356 g/mol. The molecule has 0 fully saturated rings. The second-order valence-corrected chi connectivity index (χ2v) is 9.47. The van der Waals surface area contributed by atoms with Crippen molar-refractivity contribution in [3.8, 4) is 0 Å². The lowest BCUT2D eigenvalue weighted by molar-refractivity contribution is -0.138. The SMILES string of the molecule is CC[C@](C)(CC(=O)O)NC(=O)c1cccc(CS(=O)(=O)NC(C)(C)C)c1. The van der Waals surface area contributed by atoms with E-state index >= 15 is 0 Å². The van der Waals surface area contributed by atoms with Crippen molar-refractivity contribution in [1.82, 2.24) is 10.0 Å². The largest absolute Gasteiger partial charge is 0.481 e. The fourth-order valence-corrected chi connectivity index (χ4v) is 4.09. The number of amides is 1. The van der Waals surface area contributed by atoms with E-state index in [2.05, 4.69) is 10.0 Å². The van der Waals surface area contributed by atoms with Crippen molar-refractivity contribution >= 4 is 21.9 Å². The molecule has 8 heteroatoms. The molecular formula is C18H28N2O5S. The number of carbonyl (C=O) groups excluding carboxylic acids is 1. The van der Waals surface area contributed by atoms with E-state index in [0.717, 1.165) is 0 Å². The van der Waals surface area contributed by atoms with Crippen molar-refractivity contribution < 1.29 is 23.1 Å². The van der Waals surface area contributed by atoms with Gasteiger partial charge >= 0.3 is 5.97 Å². The summed E-state index contributed by atoms with van der Waals surface area (Å²) in [4.78, 5) is 23.5. The summed E-state index contributed by atoms with van der Waals surface area (Å²) in [5, 5.41) is 11.7. The zero-order valence-corrected chi connectivity index (χ0v) is 16.7. The fraction of sp³-hybridized carbons (Fsp3) is 0.556. The number of carboxylic acid groups (broad SMARTS) is 1. The van der Waals surface area contributed by atoms with Gasteiger partial charge in [-0.3, -0.25) is 9.59 Å². The topological polar surface area (TPSA) is 113 Å². The molecule has 1 rings (SSSR count). The Labute approximate surface area is 155 Å². The Morgan fingerprint density at radius 1 is 1.15 bits per heavy atom. The van der Waals surface area contributed by atoms with E-state index in [1.807, 2.05) is 0 Å². The molecule has 1 aromatic rings. The smallest absolute Gasteiger partial charge is 0.305 e. The van der Waals surface area contributed by atoms with Gasteiger partial charge in [-0.05, 0) is 51.8 Å². The molecule has 0 aliphatic heterocycles. The van der Waals surface area contributed by atoms with Gasteiger partial charge in [-0.2, -0.15) is 0 Å². The maximum absolute atomic E-state index is 12.5. The van der Waals surface area contributed by atoms with Crippen molar-refractivity contribution in [3.05, 3.63) is 35.4 Å². The molecule has 0 saturated heterocycles. The van der Waals surface area contributed by atoms with Gasteiger partial charge in [-0.1, -0.05) is 19.1 Å². The van der Waals surface area contributed by atoms with Crippen molar-refractivity contribution in [2.75, 3.05) is 0 Å². The third kappa shape index (κ3) is 7.53. The van der Waals surface area contributed by atoms with E-state index in [-0.39, 0.29) is 12.2 Å². The highest BCUT2D eigenvalue weighted by Gasteiger charge is 2.28. The molecule has 0 heterocycles. The Balaban J connectivity index is 2.95. The Bertz CT molecular complexity index is 768. The molecule has 1 aromatic carbocycles. The molecule has 26 heavy (non-hydrogen) atoms. The van der Waals surface area contributed by atoms with Gasteiger partial charge in [0.2, 0.25) is 10.0 Å². The molecule has 146 valence electrons. The maximum atomic E-state index is 12.5. The Kier molecular flexibility index (Phi) is 6.95. The lowest BCUT2D eigenvalue weighted by Gasteiger charge is -2.28. The number of carbonyl (C=O) groups is 2. The van der Waals surface area contributed by atoms with Crippen LogP contribution in [0, 0.1) is 0 Å². The summed E-state index contributed by atoms with van der Waals surface area (Å²) in [5.74, 6) is -1.67. The van der Waals surface area contributed by atoms with Crippen LogP contribution in [0.1, 0.15) is 63.4 Å². The zero-order chi connectivity index (χ0) is 20.2. The first-order chi connectivity index (χ1) is 11.8. The van der Waals surface area contributed by atoms with Crippen LogP contribution < -0.4 is 10.0 Å². The first-order valence-electron chi connectivity index (χ1n) is 8.40. The highest BCUT2D eigenvalue weighted by atomic mass is 32.2. The van der Waals surface area contributed by atoms with Crippen LogP contribution in [0.25, 0.3) is 0 Å².